The van der Waals surface area contributed by atoms with Crippen molar-refractivity contribution in [2.75, 3.05) is 20.1 Å². The van der Waals surface area contributed by atoms with Crippen molar-refractivity contribution >= 4 is 29.0 Å². The molecule has 110 valence electrons. The number of benzene rings is 1. The van der Waals surface area contributed by atoms with E-state index in [-0.39, 0.29) is 5.78 Å². The van der Waals surface area contributed by atoms with E-state index in [1.165, 1.54) is 5.56 Å². The van der Waals surface area contributed by atoms with Crippen LogP contribution in [-0.2, 0) is 6.42 Å². The molecule has 1 heterocycles. The molecular formula is C16H16Cl2N2O. The molecule has 0 N–H and O–H groups in total. The van der Waals surface area contributed by atoms with Crippen LogP contribution in [0.25, 0.3) is 0 Å². The minimum Gasteiger partial charge on any atom is -0.299 e. The number of ketones is 1. The number of hydrogen-bond donors (Lipinski definition) is 0. The molecular weight excluding hydrogens is 307 g/mol. The Bertz CT molecular complexity index is 617. The van der Waals surface area contributed by atoms with Gasteiger partial charge in [-0.25, -0.2) is 0 Å². The molecule has 0 amide bonds. The Morgan fingerprint density at radius 1 is 1.14 bits per heavy atom. The maximum Gasteiger partial charge on any atom is 0.176 e. The number of aromatic nitrogens is 1. The molecule has 5 heteroatoms. The van der Waals surface area contributed by atoms with Crippen LogP contribution in [0.2, 0.25) is 10.0 Å². The van der Waals surface area contributed by atoms with Gasteiger partial charge in [-0.2, -0.15) is 0 Å². The number of carbonyl (C=O) groups excluding carboxylic acids is 1. The molecule has 0 radical (unpaired) electrons. The summed E-state index contributed by atoms with van der Waals surface area (Å²) in [4.78, 5) is 18.2. The first-order valence-electron chi connectivity index (χ1n) is 6.62. The normalized spacial score (nSPS) is 10.9. The highest BCUT2D eigenvalue weighted by Gasteiger charge is 2.11. The third-order valence-electron chi connectivity index (χ3n) is 3.19. The average molecular weight is 323 g/mol. The topological polar surface area (TPSA) is 33.2 Å². The van der Waals surface area contributed by atoms with Gasteiger partial charge >= 0.3 is 0 Å². The summed E-state index contributed by atoms with van der Waals surface area (Å²) >= 11 is 11.8. The van der Waals surface area contributed by atoms with E-state index in [1.54, 1.807) is 30.6 Å². The lowest BCUT2D eigenvalue weighted by Crippen LogP contribution is -2.28. The average Bonchev–Trinajstić information content (AvgIpc) is 2.49. The minimum absolute atomic E-state index is 0.0331. The van der Waals surface area contributed by atoms with E-state index in [0.29, 0.717) is 22.2 Å². The van der Waals surface area contributed by atoms with Crippen molar-refractivity contribution in [3.8, 4) is 0 Å². The van der Waals surface area contributed by atoms with Crippen molar-refractivity contribution < 1.29 is 4.79 Å². The van der Waals surface area contributed by atoms with Crippen molar-refractivity contribution in [3.63, 3.8) is 0 Å². The summed E-state index contributed by atoms with van der Waals surface area (Å²) in [6.07, 6.45) is 4.43. The molecule has 0 saturated heterocycles. The highest BCUT2D eigenvalue weighted by molar-refractivity contribution is 6.42. The predicted octanol–water partition coefficient (Wildman–Crippen LogP) is 3.75. The summed E-state index contributed by atoms with van der Waals surface area (Å²) in [6.45, 7) is 1.15. The second-order valence-corrected chi connectivity index (χ2v) is 5.71. The SMILES string of the molecule is CN(CCc1ccncc1)CC(=O)c1ccc(Cl)c(Cl)c1. The number of Topliss-reactive ketones (excluding diaryl/α,β-unsaturated/α-hetero) is 1. The van der Waals surface area contributed by atoms with Crippen molar-refractivity contribution in [2.45, 2.75) is 6.42 Å². The summed E-state index contributed by atoms with van der Waals surface area (Å²) in [5, 5.41) is 0.862. The summed E-state index contributed by atoms with van der Waals surface area (Å²) in [7, 11) is 1.93. The minimum atomic E-state index is 0.0331. The molecule has 3 nitrogen and oxygen atoms in total. The summed E-state index contributed by atoms with van der Waals surface area (Å²) in [5.74, 6) is 0.0331. The molecule has 0 unspecified atom stereocenters. The zero-order chi connectivity index (χ0) is 15.2. The quantitative estimate of drug-likeness (QED) is 0.759. The van der Waals surface area contributed by atoms with Crippen LogP contribution in [0, 0.1) is 0 Å². The van der Waals surface area contributed by atoms with Gasteiger partial charge in [-0.3, -0.25) is 14.7 Å². The lowest BCUT2D eigenvalue weighted by Gasteiger charge is -2.15. The first-order chi connectivity index (χ1) is 10.1. The Balaban J connectivity index is 1.88. The van der Waals surface area contributed by atoms with Crippen LogP contribution in [-0.4, -0.2) is 35.8 Å². The van der Waals surface area contributed by atoms with Crippen LogP contribution in [0.15, 0.2) is 42.7 Å². The molecule has 0 bridgehead atoms. The highest BCUT2D eigenvalue weighted by atomic mass is 35.5. The molecule has 2 aromatic rings. The standard InChI is InChI=1S/C16H16Cl2N2O/c1-20(9-6-12-4-7-19-8-5-12)11-16(21)13-2-3-14(17)15(18)10-13/h2-5,7-8,10H,6,9,11H2,1H3. The van der Waals surface area contributed by atoms with E-state index in [9.17, 15) is 4.79 Å². The van der Waals surface area contributed by atoms with Gasteiger partial charge in [0.1, 0.15) is 0 Å². The first-order valence-corrected chi connectivity index (χ1v) is 7.37. The third kappa shape index (κ3) is 4.81. The van der Waals surface area contributed by atoms with Gasteiger partial charge in [-0.15, -0.1) is 0 Å². The van der Waals surface area contributed by atoms with Crippen molar-refractivity contribution in [3.05, 3.63) is 63.9 Å². The van der Waals surface area contributed by atoms with Gasteiger partial charge in [0.05, 0.1) is 16.6 Å². The number of carbonyl (C=O) groups is 1. The zero-order valence-corrected chi connectivity index (χ0v) is 13.2. The number of rotatable bonds is 6. The molecule has 0 spiro atoms. The zero-order valence-electron chi connectivity index (χ0n) is 11.7. The molecule has 0 aliphatic heterocycles. The van der Waals surface area contributed by atoms with Gasteiger partial charge in [0.25, 0.3) is 0 Å². The van der Waals surface area contributed by atoms with E-state index >= 15 is 0 Å². The van der Waals surface area contributed by atoms with E-state index in [4.69, 9.17) is 23.2 Å². The lowest BCUT2D eigenvalue weighted by atomic mass is 10.1. The summed E-state index contributed by atoms with van der Waals surface area (Å²) in [6, 6.07) is 8.92. The van der Waals surface area contributed by atoms with Gasteiger partial charge in [-0.05, 0) is 49.4 Å². The Labute approximate surface area is 134 Å². The number of halogens is 2. The van der Waals surface area contributed by atoms with Crippen LogP contribution in [0.4, 0.5) is 0 Å². The Morgan fingerprint density at radius 2 is 1.86 bits per heavy atom. The Hall–Kier alpha value is -1.42. The summed E-state index contributed by atoms with van der Waals surface area (Å²) < 4.78 is 0. The predicted molar refractivity (Wildman–Crippen MR) is 86.2 cm³/mol. The van der Waals surface area contributed by atoms with Gasteiger partial charge in [-0.1, -0.05) is 23.2 Å². The van der Waals surface area contributed by atoms with Gasteiger partial charge in [0.2, 0.25) is 0 Å². The molecule has 0 saturated carbocycles. The third-order valence-corrected chi connectivity index (χ3v) is 3.93. The second kappa shape index (κ2) is 7.55. The van der Waals surface area contributed by atoms with Gasteiger partial charge in [0, 0.05) is 24.5 Å². The van der Waals surface area contributed by atoms with Crippen LogP contribution in [0.5, 0.6) is 0 Å². The first kappa shape index (κ1) is 16.0. The molecule has 0 aliphatic rings. The maximum atomic E-state index is 12.2. The van der Waals surface area contributed by atoms with Crippen molar-refractivity contribution in [1.82, 2.24) is 9.88 Å². The smallest absolute Gasteiger partial charge is 0.176 e. The summed E-state index contributed by atoms with van der Waals surface area (Å²) in [5.41, 5.74) is 1.79. The van der Waals surface area contributed by atoms with Crippen LogP contribution in [0.3, 0.4) is 0 Å². The monoisotopic (exact) mass is 322 g/mol. The van der Waals surface area contributed by atoms with Crippen LogP contribution < -0.4 is 0 Å². The van der Waals surface area contributed by atoms with Gasteiger partial charge in [0.15, 0.2) is 5.78 Å². The highest BCUT2D eigenvalue weighted by Crippen LogP contribution is 2.22. The van der Waals surface area contributed by atoms with Crippen molar-refractivity contribution in [2.24, 2.45) is 0 Å². The number of hydrogen-bond acceptors (Lipinski definition) is 3. The van der Waals surface area contributed by atoms with Crippen LogP contribution in [0.1, 0.15) is 15.9 Å². The van der Waals surface area contributed by atoms with Crippen molar-refractivity contribution in [1.29, 1.82) is 0 Å². The molecule has 0 atom stereocenters. The second-order valence-electron chi connectivity index (χ2n) is 4.90. The molecule has 1 aromatic carbocycles. The number of likely N-dealkylation sites (N-methyl/N-ethyl adjacent to an activating group) is 1. The Kier molecular flexibility index (Phi) is 5.74. The van der Waals surface area contributed by atoms with E-state index in [1.807, 2.05) is 24.1 Å². The molecule has 0 aliphatic carbocycles. The molecule has 1 aromatic heterocycles. The maximum absolute atomic E-state index is 12.2. The molecule has 0 fully saturated rings. The van der Waals surface area contributed by atoms with Gasteiger partial charge < -0.3 is 0 Å². The number of pyridine rings is 1. The fraction of sp³-hybridized carbons (Fsp3) is 0.250. The fourth-order valence-electron chi connectivity index (χ4n) is 1.95. The van der Waals surface area contributed by atoms with E-state index < -0.39 is 0 Å². The molecule has 21 heavy (non-hydrogen) atoms. The fourth-order valence-corrected chi connectivity index (χ4v) is 2.25. The van der Waals surface area contributed by atoms with E-state index in [0.717, 1.165) is 13.0 Å². The van der Waals surface area contributed by atoms with E-state index in [2.05, 4.69) is 4.98 Å². The van der Waals surface area contributed by atoms with Crippen LogP contribution >= 0.6 is 23.2 Å². The molecule has 2 rings (SSSR count). The Morgan fingerprint density at radius 3 is 2.52 bits per heavy atom. The largest absolute Gasteiger partial charge is 0.299 e. The lowest BCUT2D eigenvalue weighted by molar-refractivity contribution is 0.0947. The number of nitrogens with zero attached hydrogens (tertiary/aromatic N) is 2.